The van der Waals surface area contributed by atoms with Crippen LogP contribution >= 0.6 is 27.7 Å². The molecule has 4 rings (SSSR count). The number of benzene rings is 2. The minimum Gasteiger partial charge on any atom is -0.489 e. The lowest BCUT2D eigenvalue weighted by Gasteiger charge is -2.32. The van der Waals surface area contributed by atoms with E-state index in [0.717, 1.165) is 4.47 Å². The van der Waals surface area contributed by atoms with E-state index in [2.05, 4.69) is 42.9 Å². The lowest BCUT2D eigenvalue weighted by atomic mass is 10.0. The van der Waals surface area contributed by atoms with Gasteiger partial charge < -0.3 is 14.8 Å². The molecule has 6 nitrogen and oxygen atoms in total. The molecule has 1 N–H and O–H groups in total. The van der Waals surface area contributed by atoms with E-state index in [1.54, 1.807) is 18.4 Å². The first-order valence-electron chi connectivity index (χ1n) is 9.30. The molecular formula is C21H20BrFN4O2S. The predicted octanol–water partition coefficient (Wildman–Crippen LogP) is 5.74. The van der Waals surface area contributed by atoms with Crippen LogP contribution in [0.25, 0.3) is 10.9 Å². The molecule has 2 aromatic carbocycles. The van der Waals surface area contributed by atoms with Crippen LogP contribution in [-0.4, -0.2) is 42.3 Å². The molecule has 156 valence electrons. The molecule has 1 aliphatic rings. The van der Waals surface area contributed by atoms with Crippen LogP contribution in [0.15, 0.2) is 45.0 Å². The fourth-order valence-corrected chi connectivity index (χ4v) is 4.27. The summed E-state index contributed by atoms with van der Waals surface area (Å²) in [6, 6.07) is 7.10. The third-order valence-electron chi connectivity index (χ3n) is 5.01. The number of aromatic nitrogens is 2. The number of hydrogen-bond acceptors (Lipinski definition) is 7. The number of hydrogen-bond donors (Lipinski definition) is 1. The van der Waals surface area contributed by atoms with Crippen LogP contribution in [0.1, 0.15) is 6.92 Å². The van der Waals surface area contributed by atoms with Gasteiger partial charge in [0.05, 0.1) is 40.4 Å². The monoisotopic (exact) mass is 490 g/mol. The van der Waals surface area contributed by atoms with E-state index in [9.17, 15) is 0 Å². The highest BCUT2D eigenvalue weighted by molar-refractivity contribution is 9.10. The van der Waals surface area contributed by atoms with E-state index in [1.165, 1.54) is 18.1 Å². The molecule has 0 radical (unpaired) electrons. The standard InChI is InChI=1S/C21H20BrFN4O2S/c1-11(12-8-28-9-12)29-17-7-13(22)6-16-18(17)21(26-10-25-16)27-14-4-5-15(24-2)20(30-3)19(14)23/h4-7,10-12H,2,8-9H2,1,3H3,(H,25,26,27). The van der Waals surface area contributed by atoms with Gasteiger partial charge in [0, 0.05) is 10.4 Å². The highest BCUT2D eigenvalue weighted by Gasteiger charge is 2.27. The van der Waals surface area contributed by atoms with Gasteiger partial charge in [-0.25, -0.2) is 14.4 Å². The van der Waals surface area contributed by atoms with Gasteiger partial charge in [-0.05, 0) is 44.2 Å². The van der Waals surface area contributed by atoms with Gasteiger partial charge in [0.15, 0.2) is 5.82 Å². The molecule has 2 heterocycles. The Balaban J connectivity index is 1.77. The predicted molar refractivity (Wildman–Crippen MR) is 122 cm³/mol. The fourth-order valence-electron chi connectivity index (χ4n) is 3.22. The Labute approximate surface area is 186 Å². The van der Waals surface area contributed by atoms with Gasteiger partial charge in [0.2, 0.25) is 0 Å². The number of rotatable bonds is 7. The molecule has 1 aromatic heterocycles. The summed E-state index contributed by atoms with van der Waals surface area (Å²) >= 11 is 4.79. The Morgan fingerprint density at radius 3 is 2.83 bits per heavy atom. The van der Waals surface area contributed by atoms with Crippen molar-refractivity contribution in [2.75, 3.05) is 24.8 Å². The highest BCUT2D eigenvalue weighted by Crippen LogP contribution is 2.39. The summed E-state index contributed by atoms with van der Waals surface area (Å²) in [6.07, 6.45) is 3.20. The number of anilines is 2. The molecule has 1 aliphatic heterocycles. The topological polar surface area (TPSA) is 68.6 Å². The second-order valence-corrected chi connectivity index (χ2v) is 8.64. The molecule has 0 amide bonds. The van der Waals surface area contributed by atoms with Crippen LogP contribution in [0.5, 0.6) is 5.75 Å². The molecule has 30 heavy (non-hydrogen) atoms. The van der Waals surface area contributed by atoms with E-state index in [1.807, 2.05) is 19.1 Å². The molecule has 0 spiro atoms. The number of fused-ring (bicyclic) bond motifs is 1. The smallest absolute Gasteiger partial charge is 0.162 e. The first-order chi connectivity index (χ1) is 14.5. The van der Waals surface area contributed by atoms with Gasteiger partial charge >= 0.3 is 0 Å². The van der Waals surface area contributed by atoms with E-state index in [-0.39, 0.29) is 6.10 Å². The summed E-state index contributed by atoms with van der Waals surface area (Å²) in [4.78, 5) is 13.0. The maximum absolute atomic E-state index is 15.1. The molecule has 0 bridgehead atoms. The summed E-state index contributed by atoms with van der Waals surface area (Å²) in [5.74, 6) is 1.01. The minimum atomic E-state index is -0.404. The van der Waals surface area contributed by atoms with Gasteiger partial charge in [-0.15, -0.1) is 11.8 Å². The van der Waals surface area contributed by atoms with Crippen LogP contribution in [0, 0.1) is 11.7 Å². The van der Waals surface area contributed by atoms with Crippen molar-refractivity contribution in [3.8, 4) is 5.75 Å². The molecule has 1 atom stereocenters. The van der Waals surface area contributed by atoms with Crippen molar-refractivity contribution in [2.24, 2.45) is 10.9 Å². The van der Waals surface area contributed by atoms with Gasteiger partial charge in [0.25, 0.3) is 0 Å². The zero-order valence-corrected chi connectivity index (χ0v) is 18.9. The van der Waals surface area contributed by atoms with Crippen LogP contribution < -0.4 is 10.1 Å². The molecular weight excluding hydrogens is 471 g/mol. The van der Waals surface area contributed by atoms with Crippen molar-refractivity contribution in [2.45, 2.75) is 17.9 Å². The summed E-state index contributed by atoms with van der Waals surface area (Å²) in [5.41, 5.74) is 1.48. The lowest BCUT2D eigenvalue weighted by molar-refractivity contribution is -0.0773. The molecule has 1 saturated heterocycles. The zero-order chi connectivity index (χ0) is 21.3. The Kier molecular flexibility index (Phi) is 6.21. The quantitative estimate of drug-likeness (QED) is 0.336. The number of aliphatic imine (C=N–C) groups is 1. The Hall–Kier alpha value is -2.23. The number of nitrogens with one attached hydrogen (secondary N) is 1. The first kappa shape index (κ1) is 21.0. The maximum Gasteiger partial charge on any atom is 0.162 e. The average Bonchev–Trinajstić information content (AvgIpc) is 2.67. The van der Waals surface area contributed by atoms with E-state index < -0.39 is 5.82 Å². The van der Waals surface area contributed by atoms with Crippen molar-refractivity contribution in [1.82, 2.24) is 9.97 Å². The Morgan fingerprint density at radius 2 is 2.17 bits per heavy atom. The van der Waals surface area contributed by atoms with E-state index >= 15 is 4.39 Å². The molecule has 3 aromatic rings. The minimum absolute atomic E-state index is 0.0397. The van der Waals surface area contributed by atoms with Crippen molar-refractivity contribution >= 4 is 62.5 Å². The van der Waals surface area contributed by atoms with Gasteiger partial charge in [0.1, 0.15) is 24.0 Å². The Bertz CT molecular complexity index is 1110. The van der Waals surface area contributed by atoms with Crippen LogP contribution in [0.3, 0.4) is 0 Å². The van der Waals surface area contributed by atoms with Gasteiger partial charge in [-0.2, -0.15) is 0 Å². The van der Waals surface area contributed by atoms with Crippen molar-refractivity contribution in [3.63, 3.8) is 0 Å². The SMILES string of the molecule is C=Nc1ccc(Nc2ncnc3cc(Br)cc(OC(C)C4COC4)c23)c(F)c1SC. The zero-order valence-electron chi connectivity index (χ0n) is 16.5. The number of halogens is 2. The second kappa shape index (κ2) is 8.87. The molecule has 1 unspecified atom stereocenters. The van der Waals surface area contributed by atoms with Crippen LogP contribution in [0.2, 0.25) is 0 Å². The van der Waals surface area contributed by atoms with Crippen LogP contribution in [0.4, 0.5) is 21.6 Å². The summed E-state index contributed by atoms with van der Waals surface area (Å²) in [6.45, 7) is 6.89. The van der Waals surface area contributed by atoms with Crippen LogP contribution in [-0.2, 0) is 4.74 Å². The second-order valence-electron chi connectivity index (χ2n) is 6.90. The van der Waals surface area contributed by atoms with Crippen molar-refractivity contribution < 1.29 is 13.9 Å². The van der Waals surface area contributed by atoms with Gasteiger partial charge in [-0.1, -0.05) is 15.9 Å². The molecule has 9 heteroatoms. The third-order valence-corrected chi connectivity index (χ3v) is 6.27. The van der Waals surface area contributed by atoms with E-state index in [4.69, 9.17) is 9.47 Å². The highest BCUT2D eigenvalue weighted by atomic mass is 79.9. The largest absolute Gasteiger partial charge is 0.489 e. The van der Waals surface area contributed by atoms with Gasteiger partial charge in [-0.3, -0.25) is 4.99 Å². The van der Waals surface area contributed by atoms with Crippen molar-refractivity contribution in [3.05, 3.63) is 40.9 Å². The number of ether oxygens (including phenoxy) is 2. The van der Waals surface area contributed by atoms with Crippen molar-refractivity contribution in [1.29, 1.82) is 0 Å². The Morgan fingerprint density at radius 1 is 1.37 bits per heavy atom. The average molecular weight is 491 g/mol. The first-order valence-corrected chi connectivity index (χ1v) is 11.3. The molecule has 1 fully saturated rings. The summed E-state index contributed by atoms with van der Waals surface area (Å²) in [5, 5.41) is 3.79. The maximum atomic E-state index is 15.1. The normalized spacial score (nSPS) is 14.9. The fraction of sp³-hybridized carbons (Fsp3) is 0.286. The summed E-state index contributed by atoms with van der Waals surface area (Å²) < 4.78 is 27.4. The lowest BCUT2D eigenvalue weighted by Crippen LogP contribution is -2.39. The summed E-state index contributed by atoms with van der Waals surface area (Å²) in [7, 11) is 0. The molecule has 0 aliphatic carbocycles. The molecule has 0 saturated carbocycles. The number of thioether (sulfide) groups is 1. The van der Waals surface area contributed by atoms with E-state index in [0.29, 0.717) is 57.9 Å². The number of nitrogens with zero attached hydrogens (tertiary/aromatic N) is 3. The third kappa shape index (κ3) is 4.01.